The Morgan fingerprint density at radius 3 is 2.61 bits per heavy atom. The molecule has 1 aromatic rings. The lowest BCUT2D eigenvalue weighted by atomic mass is 10.1. The average Bonchev–Trinajstić information content (AvgIpc) is 2.98. The van der Waals surface area contributed by atoms with Crippen LogP contribution in [0.25, 0.3) is 0 Å². The summed E-state index contributed by atoms with van der Waals surface area (Å²) in [4.78, 5) is 25.1. The number of aliphatic carboxylic acids is 1. The van der Waals surface area contributed by atoms with Gasteiger partial charge in [0.25, 0.3) is 5.91 Å². The molecular weight excluding hydrogens is 322 g/mol. The van der Waals surface area contributed by atoms with Gasteiger partial charge in [-0.1, -0.05) is 11.6 Å². The minimum absolute atomic E-state index is 0.0853. The lowest BCUT2D eigenvalue weighted by Crippen LogP contribution is -2.30. The minimum Gasteiger partial charge on any atom is -0.493 e. The predicted octanol–water partition coefficient (Wildman–Crippen LogP) is 2.68. The SMILES string of the molecule is COc1cc(C(=O)N2CCC(C(=O)O)C2)cc(Cl)c1OC(C)C. The molecule has 0 aliphatic carbocycles. The van der Waals surface area contributed by atoms with E-state index in [1.165, 1.54) is 18.1 Å². The number of likely N-dealkylation sites (tertiary alicyclic amines) is 1. The van der Waals surface area contributed by atoms with Crippen LogP contribution in [-0.2, 0) is 4.79 Å². The molecule has 1 atom stereocenters. The van der Waals surface area contributed by atoms with Crippen LogP contribution < -0.4 is 9.47 Å². The molecule has 1 saturated heterocycles. The lowest BCUT2D eigenvalue weighted by Gasteiger charge is -2.19. The van der Waals surface area contributed by atoms with Crippen LogP contribution in [-0.4, -0.2) is 48.2 Å². The second-order valence-corrected chi connectivity index (χ2v) is 6.14. The smallest absolute Gasteiger partial charge is 0.308 e. The molecule has 1 fully saturated rings. The fourth-order valence-corrected chi connectivity index (χ4v) is 2.78. The summed E-state index contributed by atoms with van der Waals surface area (Å²) in [6.45, 7) is 4.36. The standard InChI is InChI=1S/C16H20ClNO5/c1-9(2)23-14-12(17)6-11(7-13(14)22-3)15(19)18-5-4-10(8-18)16(20)21/h6-7,9-10H,4-5,8H2,1-3H3,(H,20,21). The third kappa shape index (κ3) is 3.88. The third-order valence-electron chi connectivity index (χ3n) is 3.65. The van der Waals surface area contributed by atoms with Crippen molar-refractivity contribution in [2.75, 3.05) is 20.2 Å². The first-order valence-corrected chi connectivity index (χ1v) is 7.77. The Balaban J connectivity index is 2.25. The molecule has 1 amide bonds. The number of halogens is 1. The van der Waals surface area contributed by atoms with Gasteiger partial charge in [-0.3, -0.25) is 9.59 Å². The Kier molecular flexibility index (Phi) is 5.36. The summed E-state index contributed by atoms with van der Waals surface area (Å²) in [5, 5.41) is 9.32. The Morgan fingerprint density at radius 1 is 1.39 bits per heavy atom. The lowest BCUT2D eigenvalue weighted by molar-refractivity contribution is -0.141. The van der Waals surface area contributed by atoms with Crippen LogP contribution in [0.2, 0.25) is 5.02 Å². The van der Waals surface area contributed by atoms with Crippen molar-refractivity contribution in [1.29, 1.82) is 0 Å². The first kappa shape index (κ1) is 17.4. The van der Waals surface area contributed by atoms with Gasteiger partial charge in [0.15, 0.2) is 11.5 Å². The normalized spacial score (nSPS) is 17.4. The van der Waals surface area contributed by atoms with Gasteiger partial charge >= 0.3 is 5.97 Å². The van der Waals surface area contributed by atoms with E-state index >= 15 is 0 Å². The Labute approximate surface area is 139 Å². The van der Waals surface area contributed by atoms with E-state index in [0.717, 1.165) is 0 Å². The summed E-state index contributed by atoms with van der Waals surface area (Å²) in [6, 6.07) is 3.10. The van der Waals surface area contributed by atoms with Gasteiger partial charge in [0, 0.05) is 18.7 Å². The van der Waals surface area contributed by atoms with Crippen molar-refractivity contribution in [3.05, 3.63) is 22.7 Å². The van der Waals surface area contributed by atoms with Crippen LogP contribution in [0.3, 0.4) is 0 Å². The highest BCUT2D eigenvalue weighted by Gasteiger charge is 2.32. The summed E-state index contributed by atoms with van der Waals surface area (Å²) < 4.78 is 10.9. The topological polar surface area (TPSA) is 76.1 Å². The highest BCUT2D eigenvalue weighted by atomic mass is 35.5. The Morgan fingerprint density at radius 2 is 2.09 bits per heavy atom. The molecule has 1 unspecified atom stereocenters. The molecule has 1 aliphatic rings. The number of hydrogen-bond acceptors (Lipinski definition) is 4. The number of hydrogen-bond donors (Lipinski definition) is 1. The Bertz CT molecular complexity index is 617. The summed E-state index contributed by atoms with van der Waals surface area (Å²) in [5.74, 6) is -0.879. The molecule has 0 aromatic heterocycles. The molecule has 0 radical (unpaired) electrons. The second-order valence-electron chi connectivity index (χ2n) is 5.73. The zero-order chi connectivity index (χ0) is 17.1. The maximum absolute atomic E-state index is 12.5. The maximum Gasteiger partial charge on any atom is 0.308 e. The highest BCUT2D eigenvalue weighted by molar-refractivity contribution is 6.32. The molecular formula is C16H20ClNO5. The van der Waals surface area contributed by atoms with Gasteiger partial charge in [-0.2, -0.15) is 0 Å². The Hall–Kier alpha value is -1.95. The van der Waals surface area contributed by atoms with Crippen LogP contribution in [0.5, 0.6) is 11.5 Å². The number of carboxylic acids is 1. The van der Waals surface area contributed by atoms with Crippen molar-refractivity contribution in [3.8, 4) is 11.5 Å². The number of carbonyl (C=O) groups excluding carboxylic acids is 1. The van der Waals surface area contributed by atoms with Crippen molar-refractivity contribution in [1.82, 2.24) is 4.90 Å². The fraction of sp³-hybridized carbons (Fsp3) is 0.500. The summed E-state index contributed by atoms with van der Waals surface area (Å²) in [6.07, 6.45) is 0.373. The number of carboxylic acid groups (broad SMARTS) is 1. The van der Waals surface area contributed by atoms with E-state index < -0.39 is 11.9 Å². The van der Waals surface area contributed by atoms with E-state index in [2.05, 4.69) is 0 Å². The molecule has 0 saturated carbocycles. The molecule has 7 heteroatoms. The van der Waals surface area contributed by atoms with Crippen molar-refractivity contribution in [3.63, 3.8) is 0 Å². The number of ether oxygens (including phenoxy) is 2. The van der Waals surface area contributed by atoms with Crippen LogP contribution >= 0.6 is 11.6 Å². The number of rotatable bonds is 5. The van der Waals surface area contributed by atoms with E-state index in [1.54, 1.807) is 6.07 Å². The van der Waals surface area contributed by atoms with Crippen LogP contribution in [0.4, 0.5) is 0 Å². The van der Waals surface area contributed by atoms with Gasteiger partial charge in [0.2, 0.25) is 0 Å². The summed E-state index contributed by atoms with van der Waals surface area (Å²) >= 11 is 6.22. The largest absolute Gasteiger partial charge is 0.493 e. The molecule has 1 heterocycles. The van der Waals surface area contributed by atoms with Crippen molar-refractivity contribution in [2.24, 2.45) is 5.92 Å². The van der Waals surface area contributed by atoms with Gasteiger partial charge < -0.3 is 19.5 Å². The molecule has 23 heavy (non-hydrogen) atoms. The first-order valence-electron chi connectivity index (χ1n) is 7.39. The molecule has 1 aromatic carbocycles. The minimum atomic E-state index is -0.878. The van der Waals surface area contributed by atoms with Gasteiger partial charge in [0.05, 0.1) is 24.2 Å². The summed E-state index contributed by atoms with van der Waals surface area (Å²) in [7, 11) is 1.48. The van der Waals surface area contributed by atoms with Gasteiger partial charge in [-0.25, -0.2) is 0 Å². The zero-order valence-electron chi connectivity index (χ0n) is 13.3. The summed E-state index contributed by atoms with van der Waals surface area (Å²) in [5.41, 5.74) is 0.356. The molecule has 1 aliphatic heterocycles. The molecule has 0 bridgehead atoms. The van der Waals surface area contributed by atoms with Crippen molar-refractivity contribution >= 4 is 23.5 Å². The number of methoxy groups -OCH3 is 1. The van der Waals surface area contributed by atoms with Crippen molar-refractivity contribution in [2.45, 2.75) is 26.4 Å². The van der Waals surface area contributed by atoms with E-state index in [0.29, 0.717) is 30.0 Å². The molecule has 1 N–H and O–H groups in total. The highest BCUT2D eigenvalue weighted by Crippen LogP contribution is 2.37. The van der Waals surface area contributed by atoms with Crippen LogP contribution in [0.1, 0.15) is 30.6 Å². The molecule has 2 rings (SSSR count). The van der Waals surface area contributed by atoms with E-state index in [-0.39, 0.29) is 23.6 Å². The second kappa shape index (κ2) is 7.08. The quantitative estimate of drug-likeness (QED) is 0.891. The van der Waals surface area contributed by atoms with E-state index in [9.17, 15) is 9.59 Å². The van der Waals surface area contributed by atoms with E-state index in [4.69, 9.17) is 26.2 Å². The van der Waals surface area contributed by atoms with Gasteiger partial charge in [-0.15, -0.1) is 0 Å². The molecule has 126 valence electrons. The molecule has 0 spiro atoms. The third-order valence-corrected chi connectivity index (χ3v) is 3.94. The zero-order valence-corrected chi connectivity index (χ0v) is 14.1. The predicted molar refractivity (Wildman–Crippen MR) is 85.4 cm³/mol. The van der Waals surface area contributed by atoms with Crippen molar-refractivity contribution < 1.29 is 24.2 Å². The number of benzene rings is 1. The monoisotopic (exact) mass is 341 g/mol. The van der Waals surface area contributed by atoms with E-state index in [1.807, 2.05) is 13.8 Å². The average molecular weight is 342 g/mol. The molecule has 6 nitrogen and oxygen atoms in total. The van der Waals surface area contributed by atoms with Gasteiger partial charge in [-0.05, 0) is 32.4 Å². The number of amides is 1. The first-order chi connectivity index (χ1) is 10.8. The van der Waals surface area contributed by atoms with Crippen LogP contribution in [0.15, 0.2) is 12.1 Å². The maximum atomic E-state index is 12.5. The number of carbonyl (C=O) groups is 2. The number of nitrogens with zero attached hydrogens (tertiary/aromatic N) is 1. The fourth-order valence-electron chi connectivity index (χ4n) is 2.52. The van der Waals surface area contributed by atoms with Gasteiger partial charge in [0.1, 0.15) is 0 Å². The van der Waals surface area contributed by atoms with Crippen LogP contribution in [0, 0.1) is 5.92 Å².